The lowest BCUT2D eigenvalue weighted by Gasteiger charge is -2.58. The Morgan fingerprint density at radius 2 is 2.12 bits per heavy atom. The van der Waals surface area contributed by atoms with Gasteiger partial charge in [0.05, 0.1) is 14.2 Å². The van der Waals surface area contributed by atoms with Crippen LogP contribution in [0.3, 0.4) is 0 Å². The molecule has 1 saturated heterocycles. The van der Waals surface area contributed by atoms with Gasteiger partial charge >= 0.3 is 6.09 Å². The highest BCUT2D eigenvalue weighted by atomic mass is 16.5. The lowest BCUT2D eigenvalue weighted by Crippen LogP contribution is -2.63. The van der Waals surface area contributed by atoms with Crippen molar-refractivity contribution in [2.45, 2.75) is 43.6 Å². The highest BCUT2D eigenvalue weighted by Crippen LogP contribution is 2.59. The maximum absolute atomic E-state index is 12.4. The minimum Gasteiger partial charge on any atom is -0.504 e. The van der Waals surface area contributed by atoms with Crippen molar-refractivity contribution in [1.29, 1.82) is 0 Å². The number of phenols is 2. The molecule has 3 atom stereocenters. The fraction of sp³-hybridized carbons (Fsp3) is 0.579. The molecule has 2 fully saturated rings. The Morgan fingerprint density at radius 3 is 2.81 bits per heavy atom. The van der Waals surface area contributed by atoms with E-state index >= 15 is 0 Å². The number of likely N-dealkylation sites (tertiary alicyclic amines) is 1. The fourth-order valence-electron chi connectivity index (χ4n) is 5.53. The third-order valence-corrected chi connectivity index (χ3v) is 6.48. The maximum Gasteiger partial charge on any atom is 0.409 e. The predicted octanol–water partition coefficient (Wildman–Crippen LogP) is 2.11. The van der Waals surface area contributed by atoms with Gasteiger partial charge < -0.3 is 24.6 Å². The number of carbonyl (C=O) groups is 2. The van der Waals surface area contributed by atoms with E-state index in [1.165, 1.54) is 14.2 Å². The molecule has 1 aliphatic heterocycles. The molecule has 1 aromatic carbocycles. The van der Waals surface area contributed by atoms with Gasteiger partial charge in [-0.3, -0.25) is 4.79 Å². The van der Waals surface area contributed by atoms with Crippen LogP contribution in [0.4, 0.5) is 4.79 Å². The molecule has 1 heterocycles. The average Bonchev–Trinajstić information content (AvgIpc) is 2.60. The number of fused-ring (bicyclic) bond motifs is 1. The number of hydrogen-bond acceptors (Lipinski definition) is 6. The number of ketones is 1. The maximum atomic E-state index is 12.4. The molecule has 1 amide bonds. The summed E-state index contributed by atoms with van der Waals surface area (Å²) in [4.78, 5) is 26.4. The first-order valence-electron chi connectivity index (χ1n) is 8.91. The molecule has 3 unspecified atom stereocenters. The summed E-state index contributed by atoms with van der Waals surface area (Å²) in [6.07, 6.45) is 2.23. The first-order valence-corrected chi connectivity index (χ1v) is 8.91. The van der Waals surface area contributed by atoms with Crippen LogP contribution in [0.5, 0.6) is 17.2 Å². The van der Waals surface area contributed by atoms with Crippen LogP contribution in [0.2, 0.25) is 0 Å². The van der Waals surface area contributed by atoms with Crippen LogP contribution in [0.15, 0.2) is 6.07 Å². The van der Waals surface area contributed by atoms with Gasteiger partial charge in [-0.1, -0.05) is 0 Å². The molecule has 1 aromatic rings. The van der Waals surface area contributed by atoms with Crippen molar-refractivity contribution in [3.8, 4) is 17.2 Å². The molecule has 7 heteroatoms. The number of nitrogens with zero attached hydrogens (tertiary/aromatic N) is 1. The van der Waals surface area contributed by atoms with Crippen LogP contribution < -0.4 is 4.74 Å². The Kier molecular flexibility index (Phi) is 3.78. The van der Waals surface area contributed by atoms with E-state index in [1.807, 2.05) is 0 Å². The van der Waals surface area contributed by atoms with Gasteiger partial charge in [-0.05, 0) is 36.8 Å². The van der Waals surface area contributed by atoms with E-state index in [-0.39, 0.29) is 41.1 Å². The van der Waals surface area contributed by atoms with E-state index in [2.05, 4.69) is 0 Å². The fourth-order valence-corrected chi connectivity index (χ4v) is 5.53. The Morgan fingerprint density at radius 1 is 1.35 bits per heavy atom. The summed E-state index contributed by atoms with van der Waals surface area (Å²) in [7, 11) is 2.77. The van der Waals surface area contributed by atoms with Gasteiger partial charge in [-0.15, -0.1) is 0 Å². The second kappa shape index (κ2) is 5.79. The quantitative estimate of drug-likeness (QED) is 0.795. The number of hydrogen-bond donors (Lipinski definition) is 2. The zero-order valence-electron chi connectivity index (χ0n) is 14.9. The number of piperidine rings is 1. The van der Waals surface area contributed by atoms with Gasteiger partial charge in [-0.25, -0.2) is 4.79 Å². The van der Waals surface area contributed by atoms with Crippen molar-refractivity contribution in [2.24, 2.45) is 5.92 Å². The zero-order valence-corrected chi connectivity index (χ0v) is 14.9. The van der Waals surface area contributed by atoms with Gasteiger partial charge in [0.2, 0.25) is 5.75 Å². The molecule has 1 saturated carbocycles. The summed E-state index contributed by atoms with van der Waals surface area (Å²) in [6.45, 7) is 0.475. The van der Waals surface area contributed by atoms with E-state index in [9.17, 15) is 19.8 Å². The Balaban J connectivity index is 1.92. The molecule has 2 bridgehead atoms. The van der Waals surface area contributed by atoms with Crippen LogP contribution in [0, 0.1) is 5.92 Å². The first-order chi connectivity index (χ1) is 12.4. The topological polar surface area (TPSA) is 96.3 Å². The van der Waals surface area contributed by atoms with Crippen molar-refractivity contribution in [3.05, 3.63) is 17.2 Å². The minimum atomic E-state index is -0.525. The first kappa shape index (κ1) is 17.0. The number of methoxy groups -OCH3 is 2. The standard InChI is InChI=1S/C19H23NO6/c1-25-17-14(22)8-10-7-13-12-4-3-11(21)9-19(12,15(10)16(17)23)5-6-20(13)18(24)26-2/h8,12-13,22-23H,3-7,9H2,1-2H3. The van der Waals surface area contributed by atoms with E-state index < -0.39 is 5.41 Å². The molecule has 0 radical (unpaired) electrons. The molecule has 140 valence electrons. The molecule has 4 rings (SSSR count). The summed E-state index contributed by atoms with van der Waals surface area (Å²) in [5.41, 5.74) is 0.958. The monoisotopic (exact) mass is 361 g/mol. The number of benzene rings is 1. The highest BCUT2D eigenvalue weighted by Gasteiger charge is 2.58. The van der Waals surface area contributed by atoms with E-state index in [0.717, 1.165) is 5.56 Å². The molecule has 2 N–H and O–H groups in total. The van der Waals surface area contributed by atoms with Crippen LogP contribution in [0.1, 0.15) is 36.8 Å². The number of aromatic hydroxyl groups is 2. The second-order valence-corrected chi connectivity index (χ2v) is 7.51. The number of phenolic OH excluding ortho intramolecular Hbond substituents is 2. The van der Waals surface area contributed by atoms with Crippen molar-refractivity contribution in [2.75, 3.05) is 20.8 Å². The molecule has 26 heavy (non-hydrogen) atoms. The zero-order chi connectivity index (χ0) is 18.6. The molecule has 7 nitrogen and oxygen atoms in total. The van der Waals surface area contributed by atoms with Crippen molar-refractivity contribution in [1.82, 2.24) is 4.90 Å². The van der Waals surface area contributed by atoms with Gasteiger partial charge in [0.25, 0.3) is 0 Å². The molecule has 2 aliphatic carbocycles. The summed E-state index contributed by atoms with van der Waals surface area (Å²) in [5.74, 6) is 0.0749. The van der Waals surface area contributed by atoms with Crippen LogP contribution in [-0.4, -0.2) is 53.8 Å². The molecular formula is C19H23NO6. The van der Waals surface area contributed by atoms with Gasteiger partial charge in [-0.2, -0.15) is 0 Å². The largest absolute Gasteiger partial charge is 0.504 e. The number of carbonyl (C=O) groups excluding carboxylic acids is 2. The minimum absolute atomic E-state index is 0.0451. The van der Waals surface area contributed by atoms with Crippen molar-refractivity contribution in [3.63, 3.8) is 0 Å². The summed E-state index contributed by atoms with van der Waals surface area (Å²) in [5, 5.41) is 21.1. The summed E-state index contributed by atoms with van der Waals surface area (Å²) < 4.78 is 10.1. The van der Waals surface area contributed by atoms with E-state index in [1.54, 1.807) is 11.0 Å². The third kappa shape index (κ3) is 2.12. The van der Waals surface area contributed by atoms with Crippen molar-refractivity contribution >= 4 is 11.9 Å². The Labute approximate surface area is 151 Å². The predicted molar refractivity (Wildman–Crippen MR) is 91.6 cm³/mol. The number of amides is 1. The van der Waals surface area contributed by atoms with Crippen LogP contribution in [-0.2, 0) is 21.4 Å². The van der Waals surface area contributed by atoms with Crippen LogP contribution in [0.25, 0.3) is 0 Å². The number of rotatable bonds is 1. The molecular weight excluding hydrogens is 338 g/mol. The van der Waals surface area contributed by atoms with Gasteiger partial charge in [0, 0.05) is 36.4 Å². The normalized spacial score (nSPS) is 29.6. The summed E-state index contributed by atoms with van der Waals surface area (Å²) in [6, 6.07) is 1.49. The second-order valence-electron chi connectivity index (χ2n) is 7.51. The molecule has 3 aliphatic rings. The lowest BCUT2D eigenvalue weighted by atomic mass is 9.52. The van der Waals surface area contributed by atoms with Gasteiger partial charge in [0.15, 0.2) is 11.5 Å². The Bertz CT molecular complexity index is 791. The number of Topliss-reactive ketones (excluding diaryl/α,β-unsaturated/α-hetero) is 1. The Hall–Kier alpha value is -2.44. The summed E-state index contributed by atoms with van der Waals surface area (Å²) >= 11 is 0. The van der Waals surface area contributed by atoms with E-state index in [4.69, 9.17) is 9.47 Å². The SMILES string of the molecule is COC(=O)N1CCC23CC(=O)CCC2C1Cc1cc(O)c(OC)c(O)c13. The van der Waals surface area contributed by atoms with Gasteiger partial charge in [0.1, 0.15) is 5.78 Å². The average molecular weight is 361 g/mol. The van der Waals surface area contributed by atoms with Crippen molar-refractivity contribution < 1.29 is 29.3 Å². The third-order valence-electron chi connectivity index (χ3n) is 6.48. The number of ether oxygens (including phenoxy) is 2. The highest BCUT2D eigenvalue weighted by molar-refractivity contribution is 5.82. The van der Waals surface area contributed by atoms with Crippen LogP contribution >= 0.6 is 0 Å². The molecule has 0 spiro atoms. The molecule has 0 aromatic heterocycles. The smallest absolute Gasteiger partial charge is 0.409 e. The lowest BCUT2D eigenvalue weighted by molar-refractivity contribution is -0.126. The van der Waals surface area contributed by atoms with E-state index in [0.29, 0.717) is 44.2 Å².